The summed E-state index contributed by atoms with van der Waals surface area (Å²) >= 11 is 0. The van der Waals surface area contributed by atoms with Gasteiger partial charge < -0.3 is 14.4 Å². The molecule has 0 fully saturated rings. The van der Waals surface area contributed by atoms with Gasteiger partial charge in [0.2, 0.25) is 0 Å². The van der Waals surface area contributed by atoms with Crippen LogP contribution in [0.3, 0.4) is 0 Å². The van der Waals surface area contributed by atoms with E-state index >= 15 is 0 Å². The quantitative estimate of drug-likeness (QED) is 0.491. The van der Waals surface area contributed by atoms with Crippen molar-refractivity contribution >= 4 is 20.4 Å². The first kappa shape index (κ1) is 23.7. The molecule has 0 bridgehead atoms. The summed E-state index contributed by atoms with van der Waals surface area (Å²) in [5.74, 6) is 0. The van der Waals surface area contributed by atoms with Crippen molar-refractivity contribution in [2.45, 2.75) is 25.7 Å². The van der Waals surface area contributed by atoms with Crippen molar-refractivity contribution < 1.29 is 31.5 Å². The van der Waals surface area contributed by atoms with Crippen molar-refractivity contribution in [2.24, 2.45) is 0 Å². The normalized spacial score (nSPS) is 13.6. The molecule has 0 amide bonds. The monoisotopic (exact) mass is 254 g/mol. The van der Waals surface area contributed by atoms with Gasteiger partial charge >= 0.3 is 0 Å². The smallest absolute Gasteiger partial charge is 0.106 e. The van der Waals surface area contributed by atoms with Crippen LogP contribution in [0.4, 0.5) is 0 Å². The Balaban J connectivity index is -0.0000000755. The standard InChI is InChI=1S/C8H12.3CH2O.Fe/c1-2-4-6-8-7-5-3-1;3*1-2;/h1-2,7-8H,3-6H2;3*1H2;/b2-1-,8-7?;;;;. The molecule has 1 rings (SSSR count). The van der Waals surface area contributed by atoms with Crippen LogP contribution in [0.2, 0.25) is 0 Å². The molecule has 1 aliphatic rings. The minimum Gasteiger partial charge on any atom is -0.307 e. The maximum Gasteiger partial charge on any atom is 0.106 e. The number of rotatable bonds is 0. The average molecular weight is 254 g/mol. The molecule has 0 N–H and O–H groups in total. The Morgan fingerprint density at radius 2 is 0.667 bits per heavy atom. The van der Waals surface area contributed by atoms with Gasteiger partial charge in [0, 0.05) is 17.1 Å². The zero-order valence-corrected chi connectivity index (χ0v) is 9.94. The molecule has 88 valence electrons. The summed E-state index contributed by atoms with van der Waals surface area (Å²) in [5, 5.41) is 0. The van der Waals surface area contributed by atoms with Crippen LogP contribution in [0, 0.1) is 0 Å². The molecule has 0 radical (unpaired) electrons. The molecule has 0 heterocycles. The Morgan fingerprint density at radius 3 is 0.800 bits per heavy atom. The third-order valence-electron chi connectivity index (χ3n) is 1.33. The third kappa shape index (κ3) is 32.1. The summed E-state index contributed by atoms with van der Waals surface area (Å²) < 4.78 is 0. The van der Waals surface area contributed by atoms with Crippen LogP contribution in [-0.2, 0) is 31.5 Å². The minimum absolute atomic E-state index is 0. The fourth-order valence-corrected chi connectivity index (χ4v) is 0.856. The van der Waals surface area contributed by atoms with Crippen molar-refractivity contribution in [3.8, 4) is 0 Å². The van der Waals surface area contributed by atoms with Crippen molar-refractivity contribution in [1.29, 1.82) is 0 Å². The predicted molar refractivity (Wildman–Crippen MR) is 58.1 cm³/mol. The SMILES string of the molecule is C1=CCC/C=C\CC1.C=O.C=O.C=O.[Fe]. The topological polar surface area (TPSA) is 51.2 Å². The third-order valence-corrected chi connectivity index (χ3v) is 1.33. The number of hydrogen-bond acceptors (Lipinski definition) is 3. The van der Waals surface area contributed by atoms with E-state index in [1.165, 1.54) is 25.7 Å². The van der Waals surface area contributed by atoms with E-state index in [1.54, 1.807) is 0 Å². The molecule has 0 aromatic rings. The molecule has 0 saturated carbocycles. The van der Waals surface area contributed by atoms with Gasteiger partial charge in [-0.25, -0.2) is 0 Å². The largest absolute Gasteiger partial charge is 0.307 e. The molecule has 0 spiro atoms. The van der Waals surface area contributed by atoms with Crippen molar-refractivity contribution in [3.05, 3.63) is 24.3 Å². The summed E-state index contributed by atoms with van der Waals surface area (Å²) in [6.45, 7) is 6.00. The van der Waals surface area contributed by atoms with Crippen LogP contribution in [0.1, 0.15) is 25.7 Å². The van der Waals surface area contributed by atoms with E-state index in [-0.39, 0.29) is 17.1 Å². The molecular weight excluding hydrogens is 236 g/mol. The fraction of sp³-hybridized carbons (Fsp3) is 0.364. The summed E-state index contributed by atoms with van der Waals surface area (Å²) in [7, 11) is 0. The molecule has 4 heteroatoms. The van der Waals surface area contributed by atoms with Gasteiger partial charge in [0.25, 0.3) is 0 Å². The number of hydrogen-bond donors (Lipinski definition) is 0. The molecule has 3 nitrogen and oxygen atoms in total. The first-order chi connectivity index (χ1) is 7.00. The average Bonchev–Trinajstić information content (AvgIpc) is 2.26. The predicted octanol–water partition coefficient (Wildman–Crippen LogP) is 2.12. The van der Waals surface area contributed by atoms with E-state index in [1.807, 2.05) is 20.4 Å². The van der Waals surface area contributed by atoms with Gasteiger partial charge in [-0.2, -0.15) is 0 Å². The van der Waals surface area contributed by atoms with E-state index in [0.29, 0.717) is 0 Å². The van der Waals surface area contributed by atoms with Crippen LogP contribution < -0.4 is 0 Å². The van der Waals surface area contributed by atoms with Crippen LogP contribution in [0.5, 0.6) is 0 Å². The van der Waals surface area contributed by atoms with Crippen molar-refractivity contribution in [2.75, 3.05) is 0 Å². The van der Waals surface area contributed by atoms with E-state index in [9.17, 15) is 0 Å². The van der Waals surface area contributed by atoms with Crippen LogP contribution >= 0.6 is 0 Å². The first-order valence-corrected chi connectivity index (χ1v) is 4.17. The Morgan fingerprint density at radius 1 is 0.533 bits per heavy atom. The molecule has 15 heavy (non-hydrogen) atoms. The Bertz CT molecular complexity index is 116. The number of allylic oxidation sites excluding steroid dienone is 4. The van der Waals surface area contributed by atoms with Gasteiger partial charge in [0.05, 0.1) is 0 Å². The molecule has 0 aliphatic heterocycles. The van der Waals surface area contributed by atoms with Gasteiger partial charge in [-0.3, -0.25) is 0 Å². The number of carbonyl (C=O) groups is 3. The summed E-state index contributed by atoms with van der Waals surface area (Å²) in [6, 6.07) is 0. The second-order valence-electron chi connectivity index (χ2n) is 2.10. The van der Waals surface area contributed by atoms with Gasteiger partial charge in [-0.15, -0.1) is 0 Å². The molecule has 0 aromatic carbocycles. The van der Waals surface area contributed by atoms with E-state index in [4.69, 9.17) is 14.4 Å². The van der Waals surface area contributed by atoms with Crippen molar-refractivity contribution in [3.63, 3.8) is 0 Å². The maximum atomic E-state index is 8.00. The number of carbonyl (C=O) groups excluding carboxylic acids is 3. The molecule has 0 aromatic heterocycles. The maximum absolute atomic E-state index is 8.00. The second-order valence-corrected chi connectivity index (χ2v) is 2.10. The zero-order valence-electron chi connectivity index (χ0n) is 8.84. The molecule has 0 unspecified atom stereocenters. The van der Waals surface area contributed by atoms with Crippen LogP contribution in [0.15, 0.2) is 24.3 Å². The summed E-state index contributed by atoms with van der Waals surface area (Å²) in [4.78, 5) is 24.0. The van der Waals surface area contributed by atoms with Crippen LogP contribution in [0.25, 0.3) is 0 Å². The molecule has 1 aliphatic carbocycles. The summed E-state index contributed by atoms with van der Waals surface area (Å²) in [6.07, 6.45) is 14.0. The first-order valence-electron chi connectivity index (χ1n) is 4.17. The van der Waals surface area contributed by atoms with E-state index in [2.05, 4.69) is 24.3 Å². The van der Waals surface area contributed by atoms with Gasteiger partial charge in [0.1, 0.15) is 20.4 Å². The van der Waals surface area contributed by atoms with Gasteiger partial charge in [-0.05, 0) is 25.7 Å². The molecule has 0 atom stereocenters. The second kappa shape index (κ2) is 38.2. The molecular formula is C11H18FeO3. The Kier molecular flexibility index (Phi) is 60.3. The molecule has 0 saturated heterocycles. The van der Waals surface area contributed by atoms with Gasteiger partial charge in [-0.1, -0.05) is 24.3 Å². The summed E-state index contributed by atoms with van der Waals surface area (Å²) in [5.41, 5.74) is 0. The fourth-order valence-electron chi connectivity index (χ4n) is 0.856. The minimum atomic E-state index is 0. The Hall–Kier alpha value is -0.991. The zero-order chi connectivity index (χ0) is 11.7. The Labute approximate surface area is 102 Å². The van der Waals surface area contributed by atoms with Crippen LogP contribution in [-0.4, -0.2) is 20.4 Å². The van der Waals surface area contributed by atoms with E-state index in [0.717, 1.165) is 0 Å². The van der Waals surface area contributed by atoms with E-state index < -0.39 is 0 Å². The van der Waals surface area contributed by atoms with Gasteiger partial charge in [0.15, 0.2) is 0 Å². The van der Waals surface area contributed by atoms with Crippen molar-refractivity contribution in [1.82, 2.24) is 0 Å².